The van der Waals surface area contributed by atoms with E-state index in [0.717, 1.165) is 19.3 Å². The third-order valence-electron chi connectivity index (χ3n) is 12.0. The number of hydrogen-bond donors (Lipinski definition) is 3. The monoisotopic (exact) mass is 650 g/mol. The van der Waals surface area contributed by atoms with Crippen molar-refractivity contribution in [1.82, 2.24) is 0 Å². The molecule has 4 aliphatic rings. The fourth-order valence-corrected chi connectivity index (χ4v) is 9.36. The molecule has 8 atom stereocenters. The summed E-state index contributed by atoms with van der Waals surface area (Å²) in [4.78, 5) is 41.1. The Morgan fingerprint density at radius 2 is 1.55 bits per heavy atom. The third kappa shape index (κ3) is 5.82. The van der Waals surface area contributed by atoms with Crippen LogP contribution in [-0.2, 0) is 19.1 Å². The standard InChI is InChI=1S/C39H54O8/c1-6-7-8-9-10-11-12-13-17-20-30(40)47-38-23-26(3)37-22-25(2)32(41)39(37,45)33(42)28(21-29(34(37)43)31(38)36(38,4)5)24-46-35(44)27-18-15-14-16-19-27/h14-16,18-19,21-22,26,29,31-33,41-42,45H,6-13,17,20,23-24H2,1-5H3/t26-,29?,31-,32+,33-,37+,38+,39-/m1/s1. The van der Waals surface area contributed by atoms with Gasteiger partial charge in [0.2, 0.25) is 0 Å². The van der Waals surface area contributed by atoms with E-state index in [2.05, 4.69) is 6.92 Å². The van der Waals surface area contributed by atoms with Crippen molar-refractivity contribution >= 4 is 17.7 Å². The molecular formula is C39H54O8. The topological polar surface area (TPSA) is 130 Å². The Hall–Kier alpha value is -2.81. The molecule has 0 radical (unpaired) electrons. The van der Waals surface area contributed by atoms with Crippen LogP contribution in [-0.4, -0.2) is 63.1 Å². The molecule has 1 aromatic carbocycles. The van der Waals surface area contributed by atoms with Crippen molar-refractivity contribution in [1.29, 1.82) is 0 Å². The summed E-state index contributed by atoms with van der Waals surface area (Å²) < 4.78 is 12.0. The number of esters is 2. The van der Waals surface area contributed by atoms with E-state index in [1.807, 2.05) is 20.8 Å². The van der Waals surface area contributed by atoms with Gasteiger partial charge in [0.05, 0.1) is 11.0 Å². The molecule has 4 aliphatic carbocycles. The SMILES string of the molecule is CCCCCCCCCCCC(=O)O[C@@]12C[C@@H](C)[C@]34C=C(C)[C@H](O)[C@@]3(O)[C@H](O)C(COC(=O)c3ccccc3)=CC(C4=O)[C@@H]1C2(C)C. The van der Waals surface area contributed by atoms with Gasteiger partial charge >= 0.3 is 11.9 Å². The molecule has 0 heterocycles. The van der Waals surface area contributed by atoms with Gasteiger partial charge < -0.3 is 24.8 Å². The van der Waals surface area contributed by atoms with Crippen molar-refractivity contribution in [2.75, 3.05) is 6.61 Å². The van der Waals surface area contributed by atoms with Crippen LogP contribution >= 0.6 is 0 Å². The molecule has 5 rings (SSSR count). The normalized spacial score (nSPS) is 35.1. The van der Waals surface area contributed by atoms with Crippen molar-refractivity contribution < 1.29 is 39.2 Å². The molecule has 0 aliphatic heterocycles. The van der Waals surface area contributed by atoms with Gasteiger partial charge in [0.25, 0.3) is 0 Å². The number of aliphatic hydroxyl groups excluding tert-OH is 2. The van der Waals surface area contributed by atoms with Gasteiger partial charge in [-0.25, -0.2) is 4.79 Å². The van der Waals surface area contributed by atoms with E-state index in [0.29, 0.717) is 24.0 Å². The zero-order valence-corrected chi connectivity index (χ0v) is 28.8. The van der Waals surface area contributed by atoms with Gasteiger partial charge in [-0.1, -0.05) is 109 Å². The highest BCUT2D eigenvalue weighted by Crippen LogP contribution is 2.75. The fourth-order valence-electron chi connectivity index (χ4n) is 9.36. The number of allylic oxidation sites excluding steroid dienone is 1. The van der Waals surface area contributed by atoms with Crippen LogP contribution in [0.25, 0.3) is 0 Å². The van der Waals surface area contributed by atoms with E-state index in [1.165, 1.54) is 38.5 Å². The van der Waals surface area contributed by atoms with Crippen molar-refractivity contribution in [3.8, 4) is 0 Å². The molecular weight excluding hydrogens is 596 g/mol. The van der Waals surface area contributed by atoms with Crippen LogP contribution in [0.15, 0.2) is 53.6 Å². The highest BCUT2D eigenvalue weighted by molar-refractivity contribution is 5.96. The minimum atomic E-state index is -2.30. The third-order valence-corrected chi connectivity index (χ3v) is 12.0. The molecule has 258 valence electrons. The molecule has 2 saturated carbocycles. The predicted molar refractivity (Wildman–Crippen MR) is 178 cm³/mol. The van der Waals surface area contributed by atoms with Crippen LogP contribution in [0.5, 0.6) is 0 Å². The van der Waals surface area contributed by atoms with Gasteiger partial charge in [-0.05, 0) is 49.0 Å². The van der Waals surface area contributed by atoms with E-state index in [9.17, 15) is 29.7 Å². The number of unbranched alkanes of at least 4 members (excludes halogenated alkanes) is 8. The van der Waals surface area contributed by atoms with E-state index < -0.39 is 58.0 Å². The Labute approximate surface area is 279 Å². The van der Waals surface area contributed by atoms with Crippen molar-refractivity contribution in [3.05, 3.63) is 59.2 Å². The second kappa shape index (κ2) is 13.6. The fraction of sp³-hybridized carbons (Fsp3) is 0.667. The number of Topliss-reactive ketones (excluding diaryl/α,β-unsaturated/α-hetero) is 1. The smallest absolute Gasteiger partial charge is 0.338 e. The Morgan fingerprint density at radius 3 is 2.19 bits per heavy atom. The zero-order chi connectivity index (χ0) is 34.2. The van der Waals surface area contributed by atoms with Crippen molar-refractivity contribution in [2.45, 2.75) is 129 Å². The lowest BCUT2D eigenvalue weighted by Gasteiger charge is -2.48. The largest absolute Gasteiger partial charge is 0.458 e. The van der Waals surface area contributed by atoms with Gasteiger partial charge in [0, 0.05) is 23.7 Å². The van der Waals surface area contributed by atoms with Gasteiger partial charge in [-0.15, -0.1) is 0 Å². The summed E-state index contributed by atoms with van der Waals surface area (Å²) in [5, 5.41) is 35.6. The average molecular weight is 651 g/mol. The van der Waals surface area contributed by atoms with Gasteiger partial charge in [0.1, 0.15) is 30.0 Å². The number of fused-ring (bicyclic) bond motifs is 3. The number of ketones is 1. The van der Waals surface area contributed by atoms with Crippen LogP contribution in [0.1, 0.15) is 116 Å². The molecule has 8 heteroatoms. The molecule has 8 nitrogen and oxygen atoms in total. The van der Waals surface area contributed by atoms with Crippen molar-refractivity contribution in [3.63, 3.8) is 0 Å². The first-order valence-electron chi connectivity index (χ1n) is 17.8. The van der Waals surface area contributed by atoms with Gasteiger partial charge in [-0.2, -0.15) is 0 Å². The van der Waals surface area contributed by atoms with Gasteiger partial charge in [0.15, 0.2) is 5.78 Å². The summed E-state index contributed by atoms with van der Waals surface area (Å²) in [5.41, 5.74) is -4.61. The zero-order valence-electron chi connectivity index (χ0n) is 28.8. The number of ether oxygens (including phenoxy) is 2. The minimum Gasteiger partial charge on any atom is -0.458 e. The number of rotatable bonds is 14. The summed E-state index contributed by atoms with van der Waals surface area (Å²) in [6.07, 6.45) is 10.9. The highest BCUT2D eigenvalue weighted by Gasteiger charge is 2.83. The summed E-state index contributed by atoms with van der Waals surface area (Å²) >= 11 is 0. The lowest BCUT2D eigenvalue weighted by atomic mass is 9.59. The van der Waals surface area contributed by atoms with E-state index in [4.69, 9.17) is 9.47 Å². The number of carbonyl (C=O) groups is 3. The molecule has 1 spiro atoms. The van der Waals surface area contributed by atoms with E-state index in [-0.39, 0.29) is 23.9 Å². The second-order valence-corrected chi connectivity index (χ2v) is 15.2. The molecule has 0 aromatic heterocycles. The molecule has 2 bridgehead atoms. The lowest BCUT2D eigenvalue weighted by molar-refractivity contribution is -0.191. The molecule has 0 amide bonds. The van der Waals surface area contributed by atoms with E-state index >= 15 is 0 Å². The number of aliphatic hydroxyl groups is 3. The first-order chi connectivity index (χ1) is 22.3. The van der Waals surface area contributed by atoms with Crippen LogP contribution in [0.2, 0.25) is 0 Å². The maximum atomic E-state index is 14.8. The Bertz CT molecular complexity index is 1400. The predicted octanol–water partition coefficient (Wildman–Crippen LogP) is 6.27. The molecule has 3 N–H and O–H groups in total. The number of hydrogen-bond acceptors (Lipinski definition) is 8. The maximum absolute atomic E-state index is 14.8. The minimum absolute atomic E-state index is 0.144. The maximum Gasteiger partial charge on any atom is 0.338 e. The lowest BCUT2D eigenvalue weighted by Crippen LogP contribution is -2.65. The van der Waals surface area contributed by atoms with Gasteiger partial charge in [-0.3, -0.25) is 9.59 Å². The number of carbonyl (C=O) groups excluding carboxylic acids is 3. The Morgan fingerprint density at radius 1 is 0.936 bits per heavy atom. The molecule has 1 aromatic rings. The van der Waals surface area contributed by atoms with Crippen molar-refractivity contribution in [2.24, 2.45) is 28.6 Å². The summed E-state index contributed by atoms with van der Waals surface area (Å²) in [5.74, 6) is -3.08. The first-order valence-corrected chi connectivity index (χ1v) is 17.8. The Kier molecular flexibility index (Phi) is 10.3. The summed E-state index contributed by atoms with van der Waals surface area (Å²) in [6.45, 7) is 9.32. The summed E-state index contributed by atoms with van der Waals surface area (Å²) in [6, 6.07) is 8.44. The number of benzene rings is 1. The van der Waals surface area contributed by atoms with Crippen LogP contribution in [0.4, 0.5) is 0 Å². The molecule has 2 fully saturated rings. The van der Waals surface area contributed by atoms with Crippen LogP contribution in [0.3, 0.4) is 0 Å². The summed E-state index contributed by atoms with van der Waals surface area (Å²) in [7, 11) is 0. The molecule has 47 heavy (non-hydrogen) atoms. The Balaban J connectivity index is 1.39. The second-order valence-electron chi connectivity index (χ2n) is 15.2. The molecule has 1 unspecified atom stereocenters. The van der Waals surface area contributed by atoms with Crippen LogP contribution < -0.4 is 0 Å². The van der Waals surface area contributed by atoms with E-state index in [1.54, 1.807) is 49.4 Å². The molecule has 0 saturated heterocycles. The first kappa shape index (κ1) is 35.5. The van der Waals surface area contributed by atoms with Crippen LogP contribution in [0, 0.1) is 28.6 Å². The quantitative estimate of drug-likeness (QED) is 0.122. The highest BCUT2D eigenvalue weighted by atomic mass is 16.6. The average Bonchev–Trinajstić information content (AvgIpc) is 3.46.